The van der Waals surface area contributed by atoms with Gasteiger partial charge in [-0.05, 0) is 5.56 Å². The predicted molar refractivity (Wildman–Crippen MR) is 59.6 cm³/mol. The van der Waals surface area contributed by atoms with E-state index in [1.54, 1.807) is 0 Å². The highest BCUT2D eigenvalue weighted by Gasteiger charge is 2.20. The molecule has 1 aromatic rings. The summed E-state index contributed by atoms with van der Waals surface area (Å²) in [5.41, 5.74) is 1.27. The molecule has 0 aliphatic carbocycles. The van der Waals surface area contributed by atoms with Gasteiger partial charge in [0.15, 0.2) is 0 Å². The van der Waals surface area contributed by atoms with Gasteiger partial charge in [-0.2, -0.15) is 0 Å². The van der Waals surface area contributed by atoms with E-state index >= 15 is 0 Å². The number of hydrogen-bond donors (Lipinski definition) is 1. The van der Waals surface area contributed by atoms with Crippen LogP contribution in [0.1, 0.15) is 5.56 Å². The van der Waals surface area contributed by atoms with Crippen LogP contribution in [-0.4, -0.2) is 36.9 Å². The highest BCUT2D eigenvalue weighted by Crippen LogP contribution is 2.08. The Hall–Kier alpha value is -1.19. The topological polar surface area (TPSA) is 32.3 Å². The third-order valence-electron chi connectivity index (χ3n) is 2.78. The number of nitrogens with one attached hydrogen (secondary N) is 1. The lowest BCUT2D eigenvalue weighted by Gasteiger charge is -2.32. The van der Waals surface area contributed by atoms with Crippen LogP contribution in [0.25, 0.3) is 0 Å². The summed E-state index contributed by atoms with van der Waals surface area (Å²) in [5.74, 6) is 0. The van der Waals surface area contributed by atoms with Crippen LogP contribution >= 0.6 is 0 Å². The Morgan fingerprint density at radius 3 is 2.93 bits per heavy atom. The Labute approximate surface area is 90.1 Å². The number of rotatable bonds is 3. The van der Waals surface area contributed by atoms with Crippen LogP contribution < -0.4 is 5.32 Å². The molecule has 0 radical (unpaired) electrons. The van der Waals surface area contributed by atoms with Gasteiger partial charge in [-0.15, -0.1) is 0 Å². The molecule has 1 saturated heterocycles. The van der Waals surface area contributed by atoms with Crippen LogP contribution in [0.4, 0.5) is 0 Å². The van der Waals surface area contributed by atoms with Crippen molar-refractivity contribution in [1.29, 1.82) is 0 Å². The zero-order valence-corrected chi connectivity index (χ0v) is 8.73. The zero-order valence-electron chi connectivity index (χ0n) is 8.73. The second kappa shape index (κ2) is 5.05. The summed E-state index contributed by atoms with van der Waals surface area (Å²) in [4.78, 5) is 13.1. The van der Waals surface area contributed by atoms with Crippen LogP contribution in [0.15, 0.2) is 30.3 Å². The summed E-state index contributed by atoms with van der Waals surface area (Å²) in [7, 11) is 0. The van der Waals surface area contributed by atoms with E-state index in [1.807, 2.05) is 18.2 Å². The van der Waals surface area contributed by atoms with Crippen LogP contribution in [-0.2, 0) is 11.3 Å². The Morgan fingerprint density at radius 2 is 2.20 bits per heavy atom. The van der Waals surface area contributed by atoms with Crippen molar-refractivity contribution in [1.82, 2.24) is 10.2 Å². The molecule has 1 fully saturated rings. The van der Waals surface area contributed by atoms with Crippen molar-refractivity contribution in [2.75, 3.05) is 19.6 Å². The number of aldehydes is 1. The number of nitrogens with zero attached hydrogens (tertiary/aromatic N) is 1. The third kappa shape index (κ3) is 2.64. The van der Waals surface area contributed by atoms with Crippen molar-refractivity contribution in [3.63, 3.8) is 0 Å². The summed E-state index contributed by atoms with van der Waals surface area (Å²) in [6.45, 7) is 3.55. The lowest BCUT2D eigenvalue weighted by atomic mass is 10.1. The first-order chi connectivity index (χ1) is 7.40. The summed E-state index contributed by atoms with van der Waals surface area (Å²) in [6.07, 6.45) is 1.04. The third-order valence-corrected chi connectivity index (χ3v) is 2.78. The Bertz CT molecular complexity index is 313. The highest BCUT2D eigenvalue weighted by molar-refractivity contribution is 5.58. The van der Waals surface area contributed by atoms with Gasteiger partial charge in [0, 0.05) is 26.2 Å². The fourth-order valence-electron chi connectivity index (χ4n) is 1.92. The van der Waals surface area contributed by atoms with Gasteiger partial charge in [-0.1, -0.05) is 30.3 Å². The van der Waals surface area contributed by atoms with Crippen molar-refractivity contribution in [3.05, 3.63) is 35.9 Å². The molecule has 0 saturated carbocycles. The molecule has 0 spiro atoms. The van der Waals surface area contributed by atoms with Gasteiger partial charge in [0.25, 0.3) is 0 Å². The first kappa shape index (κ1) is 10.3. The molecule has 1 aromatic carbocycles. The largest absolute Gasteiger partial charge is 0.313 e. The highest BCUT2D eigenvalue weighted by atomic mass is 16.1. The Kier molecular flexibility index (Phi) is 3.48. The van der Waals surface area contributed by atoms with Crippen molar-refractivity contribution in [2.24, 2.45) is 0 Å². The molecule has 1 heterocycles. The van der Waals surface area contributed by atoms with E-state index in [2.05, 4.69) is 22.3 Å². The summed E-state index contributed by atoms with van der Waals surface area (Å²) in [6, 6.07) is 10.3. The molecule has 0 bridgehead atoms. The molecule has 80 valence electrons. The van der Waals surface area contributed by atoms with Gasteiger partial charge in [0.05, 0.1) is 6.04 Å². The van der Waals surface area contributed by atoms with Gasteiger partial charge in [-0.3, -0.25) is 4.90 Å². The zero-order chi connectivity index (χ0) is 10.5. The molecule has 1 unspecified atom stereocenters. The standard InChI is InChI=1S/C12H16N2O/c15-10-12-8-13-6-7-14(12)9-11-4-2-1-3-5-11/h1-5,10,12-13H,6-9H2. The van der Waals surface area contributed by atoms with Crippen LogP contribution in [0.5, 0.6) is 0 Å². The molecule has 1 aliphatic rings. The molecule has 0 amide bonds. The van der Waals surface area contributed by atoms with Crippen LogP contribution in [0, 0.1) is 0 Å². The van der Waals surface area contributed by atoms with Crippen LogP contribution in [0.2, 0.25) is 0 Å². The normalized spacial score (nSPS) is 22.5. The maximum atomic E-state index is 10.9. The van der Waals surface area contributed by atoms with Crippen molar-refractivity contribution < 1.29 is 4.79 Å². The van der Waals surface area contributed by atoms with Gasteiger partial charge < -0.3 is 10.1 Å². The van der Waals surface area contributed by atoms with Crippen molar-refractivity contribution in [2.45, 2.75) is 12.6 Å². The molecule has 0 aromatic heterocycles. The smallest absolute Gasteiger partial charge is 0.138 e. The number of benzene rings is 1. The molecule has 15 heavy (non-hydrogen) atoms. The van der Waals surface area contributed by atoms with Crippen molar-refractivity contribution in [3.8, 4) is 0 Å². The quantitative estimate of drug-likeness (QED) is 0.734. The monoisotopic (exact) mass is 204 g/mol. The number of carbonyl (C=O) groups is 1. The van der Waals surface area contributed by atoms with Crippen LogP contribution in [0.3, 0.4) is 0 Å². The van der Waals surface area contributed by atoms with Gasteiger partial charge in [-0.25, -0.2) is 0 Å². The first-order valence-electron chi connectivity index (χ1n) is 5.34. The second-order valence-corrected chi connectivity index (χ2v) is 3.86. The van der Waals surface area contributed by atoms with Crippen molar-refractivity contribution >= 4 is 6.29 Å². The second-order valence-electron chi connectivity index (χ2n) is 3.86. The van der Waals surface area contributed by atoms with E-state index in [4.69, 9.17) is 0 Å². The average Bonchev–Trinajstić information content (AvgIpc) is 2.31. The van der Waals surface area contributed by atoms with Gasteiger partial charge in [0.1, 0.15) is 6.29 Å². The van der Waals surface area contributed by atoms with E-state index in [0.717, 1.165) is 32.5 Å². The van der Waals surface area contributed by atoms with E-state index < -0.39 is 0 Å². The fourth-order valence-corrected chi connectivity index (χ4v) is 1.92. The maximum absolute atomic E-state index is 10.9. The minimum atomic E-state index is 0.0268. The summed E-state index contributed by atoms with van der Waals surface area (Å²) < 4.78 is 0. The van der Waals surface area contributed by atoms with Gasteiger partial charge >= 0.3 is 0 Å². The molecule has 3 heteroatoms. The molecule has 1 aliphatic heterocycles. The molecular weight excluding hydrogens is 188 g/mol. The molecule has 2 rings (SSSR count). The minimum Gasteiger partial charge on any atom is -0.313 e. The molecule has 1 N–H and O–H groups in total. The predicted octanol–water partition coefficient (Wildman–Crippen LogP) is 0.659. The lowest BCUT2D eigenvalue weighted by molar-refractivity contribution is -0.113. The minimum absolute atomic E-state index is 0.0268. The summed E-state index contributed by atoms with van der Waals surface area (Å²) >= 11 is 0. The fraction of sp³-hybridized carbons (Fsp3) is 0.417. The Morgan fingerprint density at radius 1 is 1.40 bits per heavy atom. The van der Waals surface area contributed by atoms with Gasteiger partial charge in [0.2, 0.25) is 0 Å². The van der Waals surface area contributed by atoms with E-state index in [9.17, 15) is 4.79 Å². The van der Waals surface area contributed by atoms with E-state index in [-0.39, 0.29) is 6.04 Å². The number of hydrogen-bond acceptors (Lipinski definition) is 3. The van der Waals surface area contributed by atoms with E-state index in [1.165, 1.54) is 5.56 Å². The maximum Gasteiger partial charge on any atom is 0.138 e. The Balaban J connectivity index is 2.00. The summed E-state index contributed by atoms with van der Waals surface area (Å²) in [5, 5.41) is 3.23. The number of piperazine rings is 1. The molecule has 1 atom stereocenters. The molecule has 3 nitrogen and oxygen atoms in total. The number of carbonyl (C=O) groups excluding carboxylic acids is 1. The molecular formula is C12H16N2O. The average molecular weight is 204 g/mol. The first-order valence-corrected chi connectivity index (χ1v) is 5.34. The van der Waals surface area contributed by atoms with E-state index in [0.29, 0.717) is 0 Å². The lowest BCUT2D eigenvalue weighted by Crippen LogP contribution is -2.51. The SMILES string of the molecule is O=CC1CNCCN1Cc1ccccc1.